The van der Waals surface area contributed by atoms with Crippen molar-refractivity contribution in [1.29, 1.82) is 0 Å². The van der Waals surface area contributed by atoms with E-state index in [0.717, 1.165) is 38.2 Å². The molecule has 4 nitrogen and oxygen atoms in total. The van der Waals surface area contributed by atoms with Gasteiger partial charge in [0.2, 0.25) is 5.91 Å². The van der Waals surface area contributed by atoms with Gasteiger partial charge in [0.1, 0.15) is 0 Å². The Hall–Kier alpha value is -1.29. The molecule has 1 aliphatic heterocycles. The Bertz CT molecular complexity index is 302. The van der Waals surface area contributed by atoms with Crippen molar-refractivity contribution in [3.8, 4) is 0 Å². The number of nitrogens with zero attached hydrogens (tertiary/aromatic N) is 1. The van der Waals surface area contributed by atoms with Gasteiger partial charge in [-0.05, 0) is 18.1 Å². The molecule has 82 valence electrons. The van der Waals surface area contributed by atoms with Gasteiger partial charge in [0.15, 0.2) is 0 Å². The first kappa shape index (κ1) is 10.2. The van der Waals surface area contributed by atoms with Gasteiger partial charge >= 0.3 is 0 Å². The van der Waals surface area contributed by atoms with Crippen LogP contribution in [0.2, 0.25) is 0 Å². The van der Waals surface area contributed by atoms with Gasteiger partial charge in [-0.25, -0.2) is 0 Å². The van der Waals surface area contributed by atoms with E-state index in [1.54, 1.807) is 12.5 Å². The lowest BCUT2D eigenvalue weighted by molar-refractivity contribution is -0.131. The summed E-state index contributed by atoms with van der Waals surface area (Å²) in [6.45, 7) is 3.50. The first-order chi connectivity index (χ1) is 7.36. The molecule has 1 N–H and O–H groups in total. The van der Waals surface area contributed by atoms with Gasteiger partial charge < -0.3 is 14.6 Å². The number of carbonyl (C=O) groups is 1. The minimum Gasteiger partial charge on any atom is -0.472 e. The molecule has 4 heteroatoms. The second-order valence-electron chi connectivity index (χ2n) is 3.76. The maximum atomic E-state index is 11.8. The molecule has 1 amide bonds. The fourth-order valence-electron chi connectivity index (χ4n) is 1.76. The molecule has 15 heavy (non-hydrogen) atoms. The zero-order valence-electron chi connectivity index (χ0n) is 8.74. The topological polar surface area (TPSA) is 45.5 Å². The van der Waals surface area contributed by atoms with Gasteiger partial charge in [-0.1, -0.05) is 0 Å². The molecule has 2 rings (SSSR count). The smallest absolute Gasteiger partial charge is 0.222 e. The van der Waals surface area contributed by atoms with Crippen LogP contribution in [0.25, 0.3) is 0 Å². The minimum atomic E-state index is 0.248. The molecule has 0 spiro atoms. The van der Waals surface area contributed by atoms with Gasteiger partial charge in [0, 0.05) is 32.6 Å². The zero-order chi connectivity index (χ0) is 10.5. The number of rotatable bonds is 3. The molecule has 1 saturated heterocycles. The van der Waals surface area contributed by atoms with Crippen molar-refractivity contribution in [2.24, 2.45) is 0 Å². The van der Waals surface area contributed by atoms with E-state index in [1.165, 1.54) is 0 Å². The summed E-state index contributed by atoms with van der Waals surface area (Å²) in [6, 6.07) is 1.91. The largest absolute Gasteiger partial charge is 0.472 e. The zero-order valence-corrected chi connectivity index (χ0v) is 8.74. The van der Waals surface area contributed by atoms with E-state index in [9.17, 15) is 4.79 Å². The fraction of sp³-hybridized carbons (Fsp3) is 0.545. The van der Waals surface area contributed by atoms with Gasteiger partial charge in [0.05, 0.1) is 12.5 Å². The molecule has 0 atom stereocenters. The summed E-state index contributed by atoms with van der Waals surface area (Å²) in [6.07, 6.45) is 4.70. The Morgan fingerprint density at radius 1 is 1.47 bits per heavy atom. The van der Waals surface area contributed by atoms with E-state index in [2.05, 4.69) is 5.32 Å². The molecule has 0 unspecified atom stereocenters. The van der Waals surface area contributed by atoms with Crippen LogP contribution in [0, 0.1) is 0 Å². The van der Waals surface area contributed by atoms with E-state index in [4.69, 9.17) is 4.42 Å². The third kappa shape index (κ3) is 2.83. The number of amides is 1. The van der Waals surface area contributed by atoms with Gasteiger partial charge in [-0.15, -0.1) is 0 Å². The van der Waals surface area contributed by atoms with Crippen molar-refractivity contribution in [3.05, 3.63) is 24.2 Å². The number of hydrogen-bond acceptors (Lipinski definition) is 3. The average Bonchev–Trinajstić information content (AvgIpc) is 2.80. The van der Waals surface area contributed by atoms with Crippen LogP contribution in [0.5, 0.6) is 0 Å². The first-order valence-corrected chi connectivity index (χ1v) is 5.36. The van der Waals surface area contributed by atoms with Crippen molar-refractivity contribution >= 4 is 5.91 Å². The molecule has 0 bridgehead atoms. The summed E-state index contributed by atoms with van der Waals surface area (Å²) >= 11 is 0. The Kier molecular flexibility index (Phi) is 3.40. The molecule has 0 aliphatic carbocycles. The molecular formula is C11H16N2O2. The molecule has 0 saturated carbocycles. The van der Waals surface area contributed by atoms with Crippen LogP contribution in [0.1, 0.15) is 12.0 Å². The highest BCUT2D eigenvalue weighted by atomic mass is 16.3. The summed E-state index contributed by atoms with van der Waals surface area (Å²) in [4.78, 5) is 13.7. The lowest BCUT2D eigenvalue weighted by Crippen LogP contribution is -2.46. The maximum Gasteiger partial charge on any atom is 0.222 e. The van der Waals surface area contributed by atoms with Gasteiger partial charge in [-0.3, -0.25) is 4.79 Å². The van der Waals surface area contributed by atoms with E-state index < -0.39 is 0 Å². The minimum absolute atomic E-state index is 0.248. The van der Waals surface area contributed by atoms with Crippen LogP contribution in [0.15, 0.2) is 23.0 Å². The van der Waals surface area contributed by atoms with Crippen LogP contribution in [0.4, 0.5) is 0 Å². The molecule has 1 aliphatic rings. The highest BCUT2D eigenvalue weighted by molar-refractivity contribution is 5.76. The average molecular weight is 208 g/mol. The monoisotopic (exact) mass is 208 g/mol. The quantitative estimate of drug-likeness (QED) is 0.793. The van der Waals surface area contributed by atoms with Crippen molar-refractivity contribution < 1.29 is 9.21 Å². The maximum absolute atomic E-state index is 11.8. The Morgan fingerprint density at radius 2 is 2.27 bits per heavy atom. The Morgan fingerprint density at radius 3 is 2.93 bits per heavy atom. The number of furan rings is 1. The Labute approximate surface area is 89.2 Å². The number of nitrogens with one attached hydrogen (secondary N) is 1. The second-order valence-corrected chi connectivity index (χ2v) is 3.76. The molecule has 1 fully saturated rings. The highest BCUT2D eigenvalue weighted by Gasteiger charge is 2.15. The van der Waals surface area contributed by atoms with Crippen LogP contribution in [-0.4, -0.2) is 37.0 Å². The standard InChI is InChI=1S/C11H16N2O2/c14-11(13-6-4-12-5-7-13)2-1-10-3-8-15-9-10/h3,8-9,12H,1-2,4-7H2. The number of piperazine rings is 1. The summed E-state index contributed by atoms with van der Waals surface area (Å²) in [7, 11) is 0. The lowest BCUT2D eigenvalue weighted by atomic mass is 10.1. The molecule has 1 aromatic rings. The summed E-state index contributed by atoms with van der Waals surface area (Å²) in [5, 5.41) is 3.23. The predicted molar refractivity (Wildman–Crippen MR) is 56.5 cm³/mol. The molecule has 1 aromatic heterocycles. The van der Waals surface area contributed by atoms with Gasteiger partial charge in [-0.2, -0.15) is 0 Å². The van der Waals surface area contributed by atoms with Gasteiger partial charge in [0.25, 0.3) is 0 Å². The molecule has 0 aromatic carbocycles. The normalized spacial score (nSPS) is 16.7. The van der Waals surface area contributed by atoms with Crippen molar-refractivity contribution in [1.82, 2.24) is 10.2 Å². The van der Waals surface area contributed by atoms with Crippen LogP contribution in [-0.2, 0) is 11.2 Å². The SMILES string of the molecule is O=C(CCc1ccoc1)N1CCNCC1. The Balaban J connectivity index is 1.76. The number of carbonyl (C=O) groups excluding carboxylic acids is 1. The van der Waals surface area contributed by atoms with Crippen LogP contribution in [0.3, 0.4) is 0 Å². The van der Waals surface area contributed by atoms with Crippen LogP contribution < -0.4 is 5.32 Å². The van der Waals surface area contributed by atoms with E-state index in [1.807, 2.05) is 11.0 Å². The summed E-state index contributed by atoms with van der Waals surface area (Å²) in [5.41, 5.74) is 1.10. The van der Waals surface area contributed by atoms with E-state index in [-0.39, 0.29) is 5.91 Å². The van der Waals surface area contributed by atoms with E-state index >= 15 is 0 Å². The van der Waals surface area contributed by atoms with Crippen LogP contribution >= 0.6 is 0 Å². The van der Waals surface area contributed by atoms with E-state index in [0.29, 0.717) is 6.42 Å². The van der Waals surface area contributed by atoms with Crippen molar-refractivity contribution in [2.45, 2.75) is 12.8 Å². The lowest BCUT2D eigenvalue weighted by Gasteiger charge is -2.27. The molecule has 2 heterocycles. The second kappa shape index (κ2) is 4.98. The summed E-state index contributed by atoms with van der Waals surface area (Å²) < 4.78 is 4.96. The molecular weight excluding hydrogens is 192 g/mol. The van der Waals surface area contributed by atoms with Crippen molar-refractivity contribution in [3.63, 3.8) is 0 Å². The third-order valence-electron chi connectivity index (χ3n) is 2.68. The number of aryl methyl sites for hydroxylation is 1. The third-order valence-corrected chi connectivity index (χ3v) is 2.68. The predicted octanol–water partition coefficient (Wildman–Crippen LogP) is 0.644. The van der Waals surface area contributed by atoms with Crippen molar-refractivity contribution in [2.75, 3.05) is 26.2 Å². The first-order valence-electron chi connectivity index (χ1n) is 5.36. The summed E-state index contributed by atoms with van der Waals surface area (Å²) in [5.74, 6) is 0.248. The fourth-order valence-corrected chi connectivity index (χ4v) is 1.76. The molecule has 0 radical (unpaired) electrons. The number of hydrogen-bond donors (Lipinski definition) is 1. The highest BCUT2D eigenvalue weighted by Crippen LogP contribution is 2.06.